The van der Waals surface area contributed by atoms with E-state index in [0.29, 0.717) is 28.7 Å². The highest BCUT2D eigenvalue weighted by molar-refractivity contribution is 6.42. The number of carbonyl (C=O) groups is 2. The number of rotatable bonds is 4. The molecule has 1 aromatic carbocycles. The highest BCUT2D eigenvalue weighted by atomic mass is 35.5. The van der Waals surface area contributed by atoms with Gasteiger partial charge in [0.15, 0.2) is 0 Å². The molecule has 0 spiro atoms. The van der Waals surface area contributed by atoms with E-state index in [-0.39, 0.29) is 30.4 Å². The minimum Gasteiger partial charge on any atom is -0.394 e. The Bertz CT molecular complexity index is 595. The summed E-state index contributed by atoms with van der Waals surface area (Å²) >= 11 is 11.8. The van der Waals surface area contributed by atoms with Crippen LogP contribution in [0.5, 0.6) is 0 Å². The second kappa shape index (κ2) is 7.99. The van der Waals surface area contributed by atoms with E-state index in [4.69, 9.17) is 28.3 Å². The van der Waals surface area contributed by atoms with Gasteiger partial charge in [-0.3, -0.25) is 9.59 Å². The molecule has 1 aromatic rings. The van der Waals surface area contributed by atoms with Crippen molar-refractivity contribution in [2.24, 2.45) is 5.92 Å². The molecule has 1 fully saturated rings. The number of halogens is 2. The summed E-state index contributed by atoms with van der Waals surface area (Å²) in [6.45, 7) is 2.60. The van der Waals surface area contributed by atoms with E-state index in [0.717, 1.165) is 12.8 Å². The van der Waals surface area contributed by atoms with Gasteiger partial charge < -0.3 is 15.3 Å². The monoisotopic (exact) mass is 358 g/mol. The molecule has 1 saturated heterocycles. The molecule has 0 bridgehead atoms. The number of likely N-dealkylation sites (tertiary alicyclic amines) is 1. The Morgan fingerprint density at radius 3 is 2.78 bits per heavy atom. The van der Waals surface area contributed by atoms with Crippen molar-refractivity contribution >= 4 is 35.0 Å². The Kier molecular flexibility index (Phi) is 6.27. The normalized spacial score (nSPS) is 19.3. The lowest BCUT2D eigenvalue weighted by molar-refractivity contribution is -0.127. The summed E-state index contributed by atoms with van der Waals surface area (Å²) < 4.78 is 0. The summed E-state index contributed by atoms with van der Waals surface area (Å²) in [4.78, 5) is 26.4. The number of aliphatic hydroxyl groups excluding tert-OH is 1. The van der Waals surface area contributed by atoms with Crippen LogP contribution in [0.15, 0.2) is 18.2 Å². The van der Waals surface area contributed by atoms with Crippen LogP contribution in [0.1, 0.15) is 30.1 Å². The van der Waals surface area contributed by atoms with Crippen LogP contribution in [0, 0.1) is 5.92 Å². The van der Waals surface area contributed by atoms with Crippen LogP contribution in [0.4, 0.5) is 0 Å². The van der Waals surface area contributed by atoms with Crippen LogP contribution in [0.2, 0.25) is 10.0 Å². The second-order valence-corrected chi connectivity index (χ2v) is 6.63. The van der Waals surface area contributed by atoms with E-state index >= 15 is 0 Å². The van der Waals surface area contributed by atoms with Gasteiger partial charge in [-0.25, -0.2) is 0 Å². The first-order valence-electron chi connectivity index (χ1n) is 7.58. The number of piperidine rings is 1. The van der Waals surface area contributed by atoms with Crippen molar-refractivity contribution in [1.82, 2.24) is 10.2 Å². The van der Waals surface area contributed by atoms with Gasteiger partial charge in [0.25, 0.3) is 5.91 Å². The third-order valence-corrected chi connectivity index (χ3v) is 4.65. The first kappa shape index (κ1) is 18.0. The van der Waals surface area contributed by atoms with Crippen molar-refractivity contribution in [3.63, 3.8) is 0 Å². The maximum absolute atomic E-state index is 12.6. The molecule has 1 aliphatic rings. The zero-order valence-corrected chi connectivity index (χ0v) is 14.4. The fraction of sp³-hybridized carbons (Fsp3) is 0.500. The molecule has 2 amide bonds. The van der Waals surface area contributed by atoms with Crippen molar-refractivity contribution in [2.75, 3.05) is 19.7 Å². The van der Waals surface area contributed by atoms with Crippen LogP contribution >= 0.6 is 23.2 Å². The second-order valence-electron chi connectivity index (χ2n) is 5.81. The summed E-state index contributed by atoms with van der Waals surface area (Å²) in [6, 6.07) is 4.48. The van der Waals surface area contributed by atoms with Gasteiger partial charge in [-0.15, -0.1) is 0 Å². The maximum atomic E-state index is 12.6. The minimum absolute atomic E-state index is 0.107. The highest BCUT2D eigenvalue weighted by Gasteiger charge is 2.29. The molecule has 1 aliphatic heterocycles. The predicted octanol–water partition coefficient (Wildman–Crippen LogP) is 2.34. The third-order valence-electron chi connectivity index (χ3n) is 3.91. The summed E-state index contributed by atoms with van der Waals surface area (Å²) in [5.41, 5.74) is 0.462. The number of benzene rings is 1. The first-order valence-corrected chi connectivity index (χ1v) is 8.33. The van der Waals surface area contributed by atoms with Gasteiger partial charge in [0.05, 0.1) is 22.6 Å². The Morgan fingerprint density at radius 1 is 1.39 bits per heavy atom. The average Bonchev–Trinajstić information content (AvgIpc) is 2.56. The number of carbonyl (C=O) groups excluding carboxylic acids is 2. The van der Waals surface area contributed by atoms with Crippen molar-refractivity contribution in [3.8, 4) is 0 Å². The molecule has 0 radical (unpaired) electrons. The highest BCUT2D eigenvalue weighted by Crippen LogP contribution is 2.25. The maximum Gasteiger partial charge on any atom is 0.253 e. The van der Waals surface area contributed by atoms with E-state index in [1.165, 1.54) is 0 Å². The fourth-order valence-electron chi connectivity index (χ4n) is 2.59. The van der Waals surface area contributed by atoms with Crippen LogP contribution in [-0.4, -0.2) is 47.6 Å². The first-order chi connectivity index (χ1) is 10.9. The van der Waals surface area contributed by atoms with Crippen molar-refractivity contribution in [3.05, 3.63) is 33.8 Å². The number of amides is 2. The molecule has 126 valence electrons. The number of hydrogen-bond donors (Lipinski definition) is 2. The zero-order chi connectivity index (χ0) is 17.0. The quantitative estimate of drug-likeness (QED) is 0.867. The number of nitrogens with one attached hydrogen (secondary N) is 1. The molecule has 0 unspecified atom stereocenters. The van der Waals surface area contributed by atoms with Crippen molar-refractivity contribution < 1.29 is 14.7 Å². The van der Waals surface area contributed by atoms with Crippen LogP contribution in [-0.2, 0) is 4.79 Å². The Labute approximate surface area is 145 Å². The molecule has 5 nitrogen and oxygen atoms in total. The van der Waals surface area contributed by atoms with Crippen LogP contribution in [0.3, 0.4) is 0 Å². The van der Waals surface area contributed by atoms with Gasteiger partial charge in [-0.1, -0.05) is 23.2 Å². The lowest BCUT2D eigenvalue weighted by Crippen LogP contribution is -2.47. The lowest BCUT2D eigenvalue weighted by atomic mass is 9.96. The molecule has 2 rings (SSSR count). The smallest absolute Gasteiger partial charge is 0.253 e. The number of nitrogens with zero attached hydrogens (tertiary/aromatic N) is 1. The molecule has 2 N–H and O–H groups in total. The molecule has 23 heavy (non-hydrogen) atoms. The molecule has 0 aromatic heterocycles. The van der Waals surface area contributed by atoms with Gasteiger partial charge in [0.2, 0.25) is 5.91 Å². The molecule has 2 atom stereocenters. The minimum atomic E-state index is -0.288. The SMILES string of the molecule is C[C@H](CO)NC(=O)[C@@H]1CCCN(C(=O)c2ccc(Cl)c(Cl)c2)C1. The molecular formula is C16H20Cl2N2O3. The van der Waals surface area contributed by atoms with E-state index in [1.54, 1.807) is 30.0 Å². The fourth-order valence-corrected chi connectivity index (χ4v) is 2.89. The Hall–Kier alpha value is -1.30. The summed E-state index contributed by atoms with van der Waals surface area (Å²) in [6.07, 6.45) is 1.49. The zero-order valence-electron chi connectivity index (χ0n) is 12.9. The standard InChI is InChI=1S/C16H20Cl2N2O3/c1-10(9-21)19-15(22)12-3-2-6-20(8-12)16(23)11-4-5-13(17)14(18)7-11/h4-5,7,10,12,21H,2-3,6,8-9H2,1H3,(H,19,22)/t10-,12-/m1/s1. The number of hydrogen-bond acceptors (Lipinski definition) is 3. The van der Waals surface area contributed by atoms with Gasteiger partial charge in [0.1, 0.15) is 0 Å². The summed E-state index contributed by atoms with van der Waals surface area (Å²) in [5.74, 6) is -0.543. The summed E-state index contributed by atoms with van der Waals surface area (Å²) in [5, 5.41) is 12.5. The Morgan fingerprint density at radius 2 is 2.13 bits per heavy atom. The van der Waals surface area contributed by atoms with E-state index in [1.807, 2.05) is 0 Å². The molecular weight excluding hydrogens is 339 g/mol. The van der Waals surface area contributed by atoms with E-state index in [9.17, 15) is 9.59 Å². The molecule has 7 heteroatoms. The number of aliphatic hydroxyl groups is 1. The van der Waals surface area contributed by atoms with Gasteiger partial charge in [-0.05, 0) is 38.0 Å². The summed E-state index contributed by atoms with van der Waals surface area (Å²) in [7, 11) is 0. The van der Waals surface area contributed by atoms with Crippen molar-refractivity contribution in [1.29, 1.82) is 0 Å². The van der Waals surface area contributed by atoms with Crippen LogP contribution in [0.25, 0.3) is 0 Å². The molecule has 1 heterocycles. The van der Waals surface area contributed by atoms with Crippen molar-refractivity contribution in [2.45, 2.75) is 25.8 Å². The largest absolute Gasteiger partial charge is 0.394 e. The van der Waals surface area contributed by atoms with E-state index < -0.39 is 0 Å². The third kappa shape index (κ3) is 4.59. The van der Waals surface area contributed by atoms with Gasteiger partial charge in [0, 0.05) is 24.7 Å². The predicted molar refractivity (Wildman–Crippen MR) is 89.8 cm³/mol. The Balaban J connectivity index is 2.03. The van der Waals surface area contributed by atoms with Gasteiger partial charge >= 0.3 is 0 Å². The topological polar surface area (TPSA) is 69.6 Å². The van der Waals surface area contributed by atoms with Crippen LogP contribution < -0.4 is 5.32 Å². The van der Waals surface area contributed by atoms with E-state index in [2.05, 4.69) is 5.32 Å². The average molecular weight is 359 g/mol. The molecule has 0 saturated carbocycles. The molecule has 0 aliphatic carbocycles. The van der Waals surface area contributed by atoms with Gasteiger partial charge in [-0.2, -0.15) is 0 Å². The lowest BCUT2D eigenvalue weighted by Gasteiger charge is -2.32.